The lowest BCUT2D eigenvalue weighted by Gasteiger charge is -2.42. The summed E-state index contributed by atoms with van der Waals surface area (Å²) < 4.78 is 40.9. The molecular weight excluding hydrogens is 472 g/mol. The summed E-state index contributed by atoms with van der Waals surface area (Å²) in [4.78, 5) is 11.1. The van der Waals surface area contributed by atoms with Gasteiger partial charge in [-0.15, -0.1) is 0 Å². The van der Waals surface area contributed by atoms with Gasteiger partial charge in [-0.05, 0) is 101 Å². The lowest BCUT2D eigenvalue weighted by Crippen LogP contribution is -2.45. The second-order valence-electron chi connectivity index (χ2n) is 10.4. The summed E-state index contributed by atoms with van der Waals surface area (Å²) in [7, 11) is -3.80. The molecule has 0 radical (unpaired) electrons. The number of aldehydes is 1. The summed E-state index contributed by atoms with van der Waals surface area (Å²) in [5.41, 5.74) is 3.64. The Morgan fingerprint density at radius 3 is 2.42 bits per heavy atom. The molecule has 3 unspecified atom stereocenters. The first-order chi connectivity index (χ1) is 17.0. The Bertz CT molecular complexity index is 1060. The van der Waals surface area contributed by atoms with Crippen LogP contribution in [0.1, 0.15) is 80.6 Å². The largest absolute Gasteiger partial charge is 0.353 e. The number of hydrogen-bond donors (Lipinski definition) is 0. The molecule has 0 saturated carbocycles. The fraction of sp³-hybridized carbons (Fsp3) is 0.567. The Morgan fingerprint density at radius 2 is 1.83 bits per heavy atom. The molecule has 1 aromatic carbocycles. The highest BCUT2D eigenvalue weighted by Gasteiger charge is 2.46. The van der Waals surface area contributed by atoms with E-state index in [1.54, 1.807) is 30.3 Å². The van der Waals surface area contributed by atoms with Crippen LogP contribution in [0.5, 0.6) is 0 Å². The number of sulfone groups is 1. The van der Waals surface area contributed by atoms with E-state index >= 15 is 0 Å². The van der Waals surface area contributed by atoms with Gasteiger partial charge in [0.1, 0.15) is 17.6 Å². The maximum Gasteiger partial charge on any atom is 0.187 e. The van der Waals surface area contributed by atoms with Crippen molar-refractivity contribution in [3.63, 3.8) is 0 Å². The second-order valence-corrected chi connectivity index (χ2v) is 12.5. The molecule has 0 aliphatic heterocycles. The van der Waals surface area contributed by atoms with Gasteiger partial charge < -0.3 is 9.47 Å². The number of benzene rings is 1. The fourth-order valence-corrected chi connectivity index (χ4v) is 7.50. The molecule has 0 heterocycles. The SMILES string of the molecule is CCOC(C)OC(/C(C)=C/CC/C(C)=C/C=O)C(C1=C(C)CCCC1(C)C)S(=O)(=O)c1ccccc1. The van der Waals surface area contributed by atoms with Crippen molar-refractivity contribution in [2.45, 2.75) is 103 Å². The number of carbonyl (C=O) groups is 1. The lowest BCUT2D eigenvalue weighted by molar-refractivity contribution is -0.147. The number of allylic oxidation sites excluding steroid dienone is 4. The van der Waals surface area contributed by atoms with Crippen LogP contribution in [-0.4, -0.2) is 39.0 Å². The van der Waals surface area contributed by atoms with Gasteiger partial charge in [0, 0.05) is 6.61 Å². The van der Waals surface area contributed by atoms with Crippen LogP contribution in [0, 0.1) is 5.41 Å². The van der Waals surface area contributed by atoms with Crippen LogP contribution in [0.25, 0.3) is 0 Å². The normalized spacial score (nSPS) is 19.6. The van der Waals surface area contributed by atoms with Crippen LogP contribution in [-0.2, 0) is 24.1 Å². The van der Waals surface area contributed by atoms with Gasteiger partial charge in [-0.25, -0.2) is 8.42 Å². The predicted octanol–water partition coefficient (Wildman–Crippen LogP) is 6.99. The molecule has 0 fully saturated rings. The highest BCUT2D eigenvalue weighted by molar-refractivity contribution is 7.92. The highest BCUT2D eigenvalue weighted by Crippen LogP contribution is 2.46. The fourth-order valence-electron chi connectivity index (χ4n) is 5.24. The van der Waals surface area contributed by atoms with E-state index in [1.165, 1.54) is 0 Å². The molecule has 3 atom stereocenters. The third-order valence-electron chi connectivity index (χ3n) is 7.05. The zero-order chi connectivity index (χ0) is 26.9. The van der Waals surface area contributed by atoms with Gasteiger partial charge in [0.05, 0.1) is 4.90 Å². The van der Waals surface area contributed by atoms with Gasteiger partial charge in [0.25, 0.3) is 0 Å². The van der Waals surface area contributed by atoms with Crippen LogP contribution in [0.2, 0.25) is 0 Å². The monoisotopic (exact) mass is 516 g/mol. The molecule has 36 heavy (non-hydrogen) atoms. The van der Waals surface area contributed by atoms with Gasteiger partial charge in [-0.2, -0.15) is 0 Å². The van der Waals surface area contributed by atoms with Crippen molar-refractivity contribution >= 4 is 16.1 Å². The van der Waals surface area contributed by atoms with Crippen molar-refractivity contribution in [3.05, 3.63) is 64.8 Å². The molecule has 200 valence electrons. The number of rotatable bonds is 13. The van der Waals surface area contributed by atoms with Crippen molar-refractivity contribution in [1.82, 2.24) is 0 Å². The summed E-state index contributed by atoms with van der Waals surface area (Å²) in [6.07, 6.45) is 7.37. The van der Waals surface area contributed by atoms with E-state index < -0.39 is 27.5 Å². The van der Waals surface area contributed by atoms with Crippen molar-refractivity contribution < 1.29 is 22.7 Å². The smallest absolute Gasteiger partial charge is 0.187 e. The summed E-state index contributed by atoms with van der Waals surface area (Å²) in [6, 6.07) is 8.70. The van der Waals surface area contributed by atoms with Crippen molar-refractivity contribution in [2.75, 3.05) is 6.61 Å². The van der Waals surface area contributed by atoms with E-state index in [1.807, 2.05) is 39.8 Å². The molecule has 6 heteroatoms. The Kier molecular flexibility index (Phi) is 11.3. The quantitative estimate of drug-likeness (QED) is 0.122. The van der Waals surface area contributed by atoms with Gasteiger partial charge in [0.15, 0.2) is 16.1 Å². The number of carbonyl (C=O) groups excluding carboxylic acids is 1. The van der Waals surface area contributed by atoms with Gasteiger partial charge in [0.2, 0.25) is 0 Å². The average molecular weight is 517 g/mol. The van der Waals surface area contributed by atoms with Crippen molar-refractivity contribution in [1.29, 1.82) is 0 Å². The van der Waals surface area contributed by atoms with E-state index in [2.05, 4.69) is 20.8 Å². The summed E-state index contributed by atoms with van der Waals surface area (Å²) in [5, 5.41) is -0.874. The Balaban J connectivity index is 2.70. The van der Waals surface area contributed by atoms with E-state index in [9.17, 15) is 13.2 Å². The summed E-state index contributed by atoms with van der Waals surface area (Å²) >= 11 is 0. The topological polar surface area (TPSA) is 69.7 Å². The lowest BCUT2D eigenvalue weighted by atomic mass is 9.70. The van der Waals surface area contributed by atoms with Crippen molar-refractivity contribution in [3.8, 4) is 0 Å². The van der Waals surface area contributed by atoms with Crippen LogP contribution in [0.3, 0.4) is 0 Å². The third kappa shape index (κ3) is 7.74. The van der Waals surface area contributed by atoms with Crippen LogP contribution in [0.15, 0.2) is 69.7 Å². The van der Waals surface area contributed by atoms with Gasteiger partial charge in [-0.3, -0.25) is 4.79 Å². The molecule has 1 aliphatic rings. The van der Waals surface area contributed by atoms with E-state index in [4.69, 9.17) is 9.47 Å². The predicted molar refractivity (Wildman–Crippen MR) is 147 cm³/mol. The number of ether oxygens (including phenoxy) is 2. The highest BCUT2D eigenvalue weighted by atomic mass is 32.2. The second kappa shape index (κ2) is 13.5. The zero-order valence-corrected chi connectivity index (χ0v) is 23.9. The Morgan fingerprint density at radius 1 is 1.17 bits per heavy atom. The van der Waals surface area contributed by atoms with E-state index in [-0.39, 0.29) is 5.41 Å². The van der Waals surface area contributed by atoms with Crippen LogP contribution >= 0.6 is 0 Å². The molecule has 0 bridgehead atoms. The summed E-state index contributed by atoms with van der Waals surface area (Å²) in [5.74, 6) is 0. The first-order valence-corrected chi connectivity index (χ1v) is 14.5. The Hall–Kier alpha value is -2.02. The first kappa shape index (κ1) is 30.2. The molecule has 0 amide bonds. The molecule has 0 aromatic heterocycles. The molecule has 0 spiro atoms. The maximum atomic E-state index is 14.4. The van der Waals surface area contributed by atoms with Crippen LogP contribution < -0.4 is 0 Å². The number of hydrogen-bond acceptors (Lipinski definition) is 5. The molecule has 0 saturated heterocycles. The molecule has 1 aromatic rings. The average Bonchev–Trinajstić information content (AvgIpc) is 2.81. The van der Waals surface area contributed by atoms with Gasteiger partial charge in [-0.1, -0.05) is 49.3 Å². The minimum absolute atomic E-state index is 0.283. The minimum atomic E-state index is -3.80. The summed E-state index contributed by atoms with van der Waals surface area (Å²) in [6.45, 7) is 14.4. The maximum absolute atomic E-state index is 14.4. The standard InChI is InChI=1S/C30H44O5S/c1-8-34-25(5)35-28(24(4)15-12-14-22(2)19-21-31)29(27-23(3)16-13-20-30(27,6)7)36(32,33)26-17-10-9-11-18-26/h9-11,15,17-19,21,25,28-29H,8,12-14,16,20H2,1-7H3/b22-19+,24-15+. The van der Waals surface area contributed by atoms with E-state index in [0.29, 0.717) is 24.3 Å². The Labute approximate surface area is 218 Å². The molecule has 1 aliphatic carbocycles. The molecule has 0 N–H and O–H groups in total. The molecule has 2 rings (SSSR count). The van der Waals surface area contributed by atoms with Gasteiger partial charge >= 0.3 is 0 Å². The molecular formula is C30H44O5S. The minimum Gasteiger partial charge on any atom is -0.353 e. The van der Waals surface area contributed by atoms with E-state index in [0.717, 1.165) is 47.8 Å². The first-order valence-electron chi connectivity index (χ1n) is 13.0. The third-order valence-corrected chi connectivity index (χ3v) is 9.13. The van der Waals surface area contributed by atoms with Crippen LogP contribution in [0.4, 0.5) is 0 Å². The van der Waals surface area contributed by atoms with Crippen molar-refractivity contribution in [2.24, 2.45) is 5.41 Å². The zero-order valence-electron chi connectivity index (χ0n) is 23.0. The molecule has 5 nitrogen and oxygen atoms in total.